The minimum atomic E-state index is -2.94. The Bertz CT molecular complexity index is 472. The van der Waals surface area contributed by atoms with Gasteiger partial charge in [0.05, 0.1) is 11.4 Å². The van der Waals surface area contributed by atoms with Crippen LogP contribution in [0.25, 0.3) is 0 Å². The third-order valence-corrected chi connectivity index (χ3v) is 5.02. The molecular formula is C14H22O3S. The molecule has 1 aromatic rings. The van der Waals surface area contributed by atoms with Crippen LogP contribution in [-0.4, -0.2) is 25.0 Å². The van der Waals surface area contributed by atoms with Crippen molar-refractivity contribution in [3.8, 4) is 0 Å². The molecule has 3 nitrogen and oxygen atoms in total. The van der Waals surface area contributed by atoms with Crippen LogP contribution < -0.4 is 0 Å². The van der Waals surface area contributed by atoms with E-state index in [1.807, 2.05) is 31.2 Å². The lowest BCUT2D eigenvalue weighted by Crippen LogP contribution is -2.22. The average Bonchev–Trinajstić information content (AvgIpc) is 2.29. The lowest BCUT2D eigenvalue weighted by molar-refractivity contribution is 0.0472. The van der Waals surface area contributed by atoms with Crippen molar-refractivity contribution in [1.29, 1.82) is 0 Å². The highest BCUT2D eigenvalue weighted by Gasteiger charge is 2.23. The highest BCUT2D eigenvalue weighted by atomic mass is 32.2. The van der Waals surface area contributed by atoms with Gasteiger partial charge in [0.25, 0.3) is 0 Å². The van der Waals surface area contributed by atoms with Gasteiger partial charge in [-0.05, 0) is 32.3 Å². The van der Waals surface area contributed by atoms with E-state index in [1.54, 1.807) is 13.8 Å². The van der Waals surface area contributed by atoms with Gasteiger partial charge in [0, 0.05) is 5.75 Å². The van der Waals surface area contributed by atoms with Crippen LogP contribution >= 0.6 is 0 Å². The SMILES string of the molecule is CCS(=O)(=O)CCCC(C)(O)c1ccc(C)cc1. The summed E-state index contributed by atoms with van der Waals surface area (Å²) in [5.41, 5.74) is 1.02. The molecule has 4 heteroatoms. The second kappa shape index (κ2) is 5.85. The number of hydrogen-bond acceptors (Lipinski definition) is 3. The van der Waals surface area contributed by atoms with Gasteiger partial charge in [0.2, 0.25) is 0 Å². The predicted octanol–water partition coefficient (Wildman–Crippen LogP) is 2.42. The maximum absolute atomic E-state index is 11.4. The summed E-state index contributed by atoms with van der Waals surface area (Å²) in [5.74, 6) is 0.311. The Balaban J connectivity index is 2.62. The van der Waals surface area contributed by atoms with Gasteiger partial charge in [-0.25, -0.2) is 8.42 Å². The normalized spacial score (nSPS) is 15.3. The van der Waals surface area contributed by atoms with Crippen LogP contribution in [0.5, 0.6) is 0 Å². The van der Waals surface area contributed by atoms with E-state index >= 15 is 0 Å². The van der Waals surface area contributed by atoms with Crippen LogP contribution in [0.15, 0.2) is 24.3 Å². The molecule has 1 rings (SSSR count). The van der Waals surface area contributed by atoms with Gasteiger partial charge in [-0.3, -0.25) is 0 Å². The molecule has 0 aliphatic rings. The van der Waals surface area contributed by atoms with Crippen molar-refractivity contribution in [3.05, 3.63) is 35.4 Å². The summed E-state index contributed by atoms with van der Waals surface area (Å²) in [6, 6.07) is 7.69. The smallest absolute Gasteiger partial charge is 0.150 e. The topological polar surface area (TPSA) is 54.4 Å². The highest BCUT2D eigenvalue weighted by molar-refractivity contribution is 7.91. The Morgan fingerprint density at radius 3 is 2.28 bits per heavy atom. The second-order valence-electron chi connectivity index (χ2n) is 4.98. The summed E-state index contributed by atoms with van der Waals surface area (Å²) in [6.07, 6.45) is 0.937. The quantitative estimate of drug-likeness (QED) is 0.863. The molecule has 0 bridgehead atoms. The van der Waals surface area contributed by atoms with E-state index in [-0.39, 0.29) is 11.5 Å². The van der Waals surface area contributed by atoms with E-state index in [0.29, 0.717) is 12.8 Å². The molecule has 1 unspecified atom stereocenters. The minimum Gasteiger partial charge on any atom is -0.385 e. The van der Waals surface area contributed by atoms with Crippen LogP contribution in [-0.2, 0) is 15.4 Å². The molecule has 1 atom stereocenters. The van der Waals surface area contributed by atoms with Crippen LogP contribution in [0.1, 0.15) is 37.8 Å². The fourth-order valence-electron chi connectivity index (χ4n) is 1.84. The molecule has 1 aromatic carbocycles. The van der Waals surface area contributed by atoms with Crippen LogP contribution in [0.3, 0.4) is 0 Å². The molecule has 0 saturated heterocycles. The van der Waals surface area contributed by atoms with Gasteiger partial charge >= 0.3 is 0 Å². The fourth-order valence-corrected chi connectivity index (χ4v) is 2.71. The maximum Gasteiger partial charge on any atom is 0.150 e. The van der Waals surface area contributed by atoms with E-state index in [2.05, 4.69) is 0 Å². The summed E-state index contributed by atoms with van der Waals surface area (Å²) in [4.78, 5) is 0. The van der Waals surface area contributed by atoms with Crippen LogP contribution in [0, 0.1) is 6.92 Å². The summed E-state index contributed by atoms with van der Waals surface area (Å²) in [7, 11) is -2.94. The van der Waals surface area contributed by atoms with Crippen molar-refractivity contribution >= 4 is 9.84 Å². The van der Waals surface area contributed by atoms with Crippen LogP contribution in [0.2, 0.25) is 0 Å². The van der Waals surface area contributed by atoms with Gasteiger partial charge in [0.1, 0.15) is 9.84 Å². The molecule has 1 N–H and O–H groups in total. The largest absolute Gasteiger partial charge is 0.385 e. The first-order valence-electron chi connectivity index (χ1n) is 6.27. The number of hydrogen-bond donors (Lipinski definition) is 1. The van der Waals surface area contributed by atoms with Gasteiger partial charge in [-0.15, -0.1) is 0 Å². The number of benzene rings is 1. The van der Waals surface area contributed by atoms with Gasteiger partial charge < -0.3 is 5.11 Å². The zero-order valence-electron chi connectivity index (χ0n) is 11.3. The summed E-state index contributed by atoms with van der Waals surface area (Å²) in [6.45, 7) is 5.37. The third kappa shape index (κ3) is 4.42. The van der Waals surface area contributed by atoms with Crippen molar-refractivity contribution in [3.63, 3.8) is 0 Å². The number of sulfone groups is 1. The molecule has 0 saturated carbocycles. The summed E-state index contributed by atoms with van der Waals surface area (Å²) in [5, 5.41) is 10.4. The van der Waals surface area contributed by atoms with Crippen molar-refractivity contribution in [2.45, 2.75) is 39.2 Å². The Morgan fingerprint density at radius 2 is 1.78 bits per heavy atom. The first kappa shape index (κ1) is 15.2. The first-order valence-corrected chi connectivity index (χ1v) is 8.09. The molecule has 0 spiro atoms. The molecular weight excluding hydrogens is 248 g/mol. The van der Waals surface area contributed by atoms with E-state index in [4.69, 9.17) is 0 Å². The Labute approximate surface area is 110 Å². The maximum atomic E-state index is 11.4. The molecule has 0 amide bonds. The molecule has 0 aliphatic heterocycles. The molecule has 0 heterocycles. The number of aryl methyl sites for hydroxylation is 1. The number of rotatable bonds is 6. The summed E-state index contributed by atoms with van der Waals surface area (Å²) < 4.78 is 22.8. The molecule has 0 fully saturated rings. The van der Waals surface area contributed by atoms with E-state index in [0.717, 1.165) is 11.1 Å². The minimum absolute atomic E-state index is 0.144. The van der Waals surface area contributed by atoms with E-state index in [9.17, 15) is 13.5 Å². The molecule has 18 heavy (non-hydrogen) atoms. The predicted molar refractivity (Wildman–Crippen MR) is 74.3 cm³/mol. The van der Waals surface area contributed by atoms with Crippen LogP contribution in [0.4, 0.5) is 0 Å². The van der Waals surface area contributed by atoms with Gasteiger partial charge in [0.15, 0.2) is 0 Å². The lowest BCUT2D eigenvalue weighted by Gasteiger charge is -2.24. The van der Waals surface area contributed by atoms with Gasteiger partial charge in [-0.2, -0.15) is 0 Å². The third-order valence-electron chi connectivity index (χ3n) is 3.23. The second-order valence-corrected chi connectivity index (χ2v) is 7.45. The monoisotopic (exact) mass is 270 g/mol. The van der Waals surface area contributed by atoms with Crippen molar-refractivity contribution in [2.75, 3.05) is 11.5 Å². The van der Waals surface area contributed by atoms with E-state index < -0.39 is 15.4 Å². The Kier molecular flexibility index (Phi) is 4.93. The first-order chi connectivity index (χ1) is 8.27. The van der Waals surface area contributed by atoms with Gasteiger partial charge in [-0.1, -0.05) is 36.8 Å². The zero-order valence-corrected chi connectivity index (χ0v) is 12.1. The lowest BCUT2D eigenvalue weighted by atomic mass is 9.91. The van der Waals surface area contributed by atoms with Crippen molar-refractivity contribution in [1.82, 2.24) is 0 Å². The van der Waals surface area contributed by atoms with Crippen molar-refractivity contribution < 1.29 is 13.5 Å². The van der Waals surface area contributed by atoms with E-state index in [1.165, 1.54) is 0 Å². The number of aliphatic hydroxyl groups is 1. The fraction of sp³-hybridized carbons (Fsp3) is 0.571. The Morgan fingerprint density at radius 1 is 1.22 bits per heavy atom. The highest BCUT2D eigenvalue weighted by Crippen LogP contribution is 2.26. The molecule has 0 radical (unpaired) electrons. The molecule has 0 aliphatic carbocycles. The zero-order chi connectivity index (χ0) is 13.8. The Hall–Kier alpha value is -0.870. The summed E-state index contributed by atoms with van der Waals surface area (Å²) >= 11 is 0. The average molecular weight is 270 g/mol. The molecule has 102 valence electrons. The standard InChI is InChI=1S/C14H22O3S/c1-4-18(16,17)11-5-10-14(3,15)13-8-6-12(2)7-9-13/h6-9,15H,4-5,10-11H2,1-3H3. The molecule has 0 aromatic heterocycles. The van der Waals surface area contributed by atoms with Crippen molar-refractivity contribution in [2.24, 2.45) is 0 Å².